The third kappa shape index (κ3) is 1.48. The Bertz CT molecular complexity index is 647. The smallest absolute Gasteiger partial charge is 0.00591 e. The van der Waals surface area contributed by atoms with Crippen LogP contribution in [-0.2, 0) is 0 Å². The fourth-order valence-corrected chi connectivity index (χ4v) is 69.8. The largest absolute Gasteiger partial charge is 0.493 e. The van der Waals surface area contributed by atoms with Gasteiger partial charge in [-0.05, 0) is 10.8 Å². The van der Waals surface area contributed by atoms with Gasteiger partial charge in [0.05, 0.1) is 0 Å². The lowest BCUT2D eigenvalue weighted by molar-refractivity contribution is 0.323. The first-order chi connectivity index (χ1) is 11.4. The molecule has 148 valence electrons. The molecular weight excluding hydrogens is 426 g/mol. The number of hydrogen-bond donors (Lipinski definition) is 0. The van der Waals surface area contributed by atoms with E-state index in [0.29, 0.717) is 21.7 Å². The summed E-state index contributed by atoms with van der Waals surface area (Å²) in [6.07, 6.45) is 0. The third-order valence-electron chi connectivity index (χ3n) is 7.56. The van der Waals surface area contributed by atoms with Crippen LogP contribution in [-0.4, -0.2) is 18.6 Å². The van der Waals surface area contributed by atoms with Crippen molar-refractivity contribution >= 4 is 47.6 Å². The summed E-state index contributed by atoms with van der Waals surface area (Å²) in [5.41, 5.74) is 2.08. The van der Waals surface area contributed by atoms with E-state index in [1.807, 2.05) is 16.5 Å². The quantitative estimate of drug-likeness (QED) is 0.314. The van der Waals surface area contributed by atoms with Crippen molar-refractivity contribution in [3.8, 4) is 0 Å². The molecule has 0 bridgehead atoms. The molecule has 4 atom stereocenters. The Hall–Kier alpha value is 2.58. The molecule has 5 aliphatic heterocycles. The predicted octanol–water partition coefficient (Wildman–Crippen LogP) is 10.5. The van der Waals surface area contributed by atoms with Crippen molar-refractivity contribution in [1.29, 1.82) is 0 Å². The summed E-state index contributed by atoms with van der Waals surface area (Å²) in [4.78, 5) is 0. The minimum absolute atomic E-state index is 0.169. The van der Waals surface area contributed by atoms with Gasteiger partial charge in [0.15, 0.2) is 0 Å². The third-order valence-corrected chi connectivity index (χ3v) is 48.1. The van der Waals surface area contributed by atoms with Gasteiger partial charge in [0.2, 0.25) is 0 Å². The van der Waals surface area contributed by atoms with Crippen molar-refractivity contribution in [2.75, 3.05) is 0 Å². The van der Waals surface area contributed by atoms with Gasteiger partial charge in [0, 0.05) is 9.28 Å². The summed E-state index contributed by atoms with van der Waals surface area (Å²) in [5.74, 6) is 0. The molecule has 0 N–H and O–H groups in total. The van der Waals surface area contributed by atoms with E-state index in [2.05, 4.69) is 83.1 Å². The highest BCUT2D eigenvalue weighted by atomic mass is 32.1. The summed E-state index contributed by atoms with van der Waals surface area (Å²) in [5, 5.41) is 0. The van der Waals surface area contributed by atoms with Gasteiger partial charge in [-0.3, -0.25) is 15.2 Å². The van der Waals surface area contributed by atoms with Crippen molar-refractivity contribution in [1.82, 2.24) is 0 Å². The molecule has 0 saturated carbocycles. The molecule has 6 heteroatoms. The number of fused-ring (bicyclic) bond motifs is 2. The van der Waals surface area contributed by atoms with Crippen LogP contribution in [0.2, 0.25) is 0 Å². The van der Waals surface area contributed by atoms with E-state index in [1.165, 1.54) is 0 Å². The summed E-state index contributed by atoms with van der Waals surface area (Å²) in [6, 6.07) is 0. The molecule has 0 radical (unpaired) electrons. The molecule has 5 rings (SSSR count). The van der Waals surface area contributed by atoms with E-state index in [1.54, 1.807) is 0 Å². The Balaban J connectivity index is 1.82. The Kier molecular flexibility index (Phi) is 3.68. The van der Waals surface area contributed by atoms with Gasteiger partial charge in [-0.2, -0.15) is 0 Å². The second-order valence-corrected chi connectivity index (χ2v) is 31.9. The standard InChI is InChI=1S/C20H36P6/c1-13(2,3)17-21-26-18(14(4,5)6)22-25(17)19(15(7,8)9)23(17)20(26,24(18)19)16(10,11)12/h1-12H3/q-2. The van der Waals surface area contributed by atoms with Crippen LogP contribution in [0.15, 0.2) is 0 Å². The highest BCUT2D eigenvalue weighted by Crippen LogP contribution is 3.45. The van der Waals surface area contributed by atoms with E-state index in [9.17, 15) is 0 Å². The average molecular weight is 462 g/mol. The van der Waals surface area contributed by atoms with Crippen molar-refractivity contribution in [3.63, 3.8) is 0 Å². The zero-order valence-electron chi connectivity index (χ0n) is 18.7. The van der Waals surface area contributed by atoms with Crippen LogP contribution in [0, 0.1) is 21.7 Å². The molecule has 0 amide bonds. The maximum absolute atomic E-state index is 2.65. The Morgan fingerprint density at radius 2 is 0.731 bits per heavy atom. The van der Waals surface area contributed by atoms with E-state index < -0.39 is 0 Å². The zero-order chi connectivity index (χ0) is 19.7. The van der Waals surface area contributed by atoms with Crippen molar-refractivity contribution in [3.05, 3.63) is 0 Å². The van der Waals surface area contributed by atoms with Crippen LogP contribution >= 0.6 is 47.6 Å². The molecule has 5 fully saturated rings. The van der Waals surface area contributed by atoms with Crippen LogP contribution in [0.1, 0.15) is 83.1 Å². The van der Waals surface area contributed by atoms with Gasteiger partial charge in [-0.15, -0.1) is 25.1 Å². The van der Waals surface area contributed by atoms with E-state index >= 15 is 0 Å². The molecule has 0 spiro atoms. The average Bonchev–Trinajstić information content (AvgIpc) is 2.55. The predicted molar refractivity (Wildman–Crippen MR) is 130 cm³/mol. The van der Waals surface area contributed by atoms with Gasteiger partial charge >= 0.3 is 0 Å². The van der Waals surface area contributed by atoms with Crippen molar-refractivity contribution in [2.45, 2.75) is 102 Å². The summed E-state index contributed by atoms with van der Waals surface area (Å²) in [7, 11) is 4.67. The first-order valence-corrected chi connectivity index (χ1v) is 18.6. The first-order valence-electron chi connectivity index (χ1n) is 10.1. The molecule has 0 aromatic carbocycles. The van der Waals surface area contributed by atoms with Crippen molar-refractivity contribution < 1.29 is 0 Å². The Morgan fingerprint density at radius 1 is 0.462 bits per heavy atom. The van der Waals surface area contributed by atoms with E-state index in [0.717, 1.165) is 18.6 Å². The summed E-state index contributed by atoms with van der Waals surface area (Å²) >= 11 is 0. The molecule has 0 aliphatic carbocycles. The Labute approximate surface area is 170 Å². The zero-order valence-corrected chi connectivity index (χ0v) is 24.0. The van der Waals surface area contributed by atoms with E-state index in [-0.39, 0.29) is 31.1 Å². The minimum atomic E-state index is 0.169. The van der Waals surface area contributed by atoms with Gasteiger partial charge < -0.3 is 16.5 Å². The normalized spacial score (nSPS) is 58.6. The maximum atomic E-state index is 2.65. The highest BCUT2D eigenvalue weighted by Gasteiger charge is 2.98. The monoisotopic (exact) mass is 462 g/mol. The number of rotatable bonds is 0. The van der Waals surface area contributed by atoms with Gasteiger partial charge in [0.25, 0.3) is 0 Å². The van der Waals surface area contributed by atoms with Crippen LogP contribution in [0.3, 0.4) is 0 Å². The molecule has 0 aromatic heterocycles. The van der Waals surface area contributed by atoms with E-state index in [4.69, 9.17) is 0 Å². The lowest BCUT2D eigenvalue weighted by Gasteiger charge is -2.98. The molecule has 4 unspecified atom stereocenters. The SMILES string of the molecule is CC(C)(C)C12[P-]P3C4(C(C)(C)C)[P-]P1C1(C(C)(C)C)P2C3(C(C)(C)C)P41. The highest BCUT2D eigenvalue weighted by molar-refractivity contribution is 8.66. The second kappa shape index (κ2) is 4.67. The van der Waals surface area contributed by atoms with Crippen LogP contribution in [0.5, 0.6) is 0 Å². The molecule has 5 saturated heterocycles. The van der Waals surface area contributed by atoms with Gasteiger partial charge in [-0.1, -0.05) is 93.9 Å². The Morgan fingerprint density at radius 3 is 0.923 bits per heavy atom. The second-order valence-electron chi connectivity index (χ2n) is 13.0. The van der Waals surface area contributed by atoms with Crippen molar-refractivity contribution in [2.24, 2.45) is 21.7 Å². The fraction of sp³-hybridized carbons (Fsp3) is 1.00. The lowest BCUT2D eigenvalue weighted by atomic mass is 9.97. The maximum Gasteiger partial charge on any atom is 0.00591 e. The van der Waals surface area contributed by atoms with Gasteiger partial charge in [0.1, 0.15) is 0 Å². The molecule has 0 aromatic rings. The fourth-order valence-electron chi connectivity index (χ4n) is 6.69. The van der Waals surface area contributed by atoms with Crippen LogP contribution in [0.4, 0.5) is 0 Å². The lowest BCUT2D eigenvalue weighted by Crippen LogP contribution is -2.72. The molecular formula is C20H36P6-2. The molecule has 5 aliphatic rings. The van der Waals surface area contributed by atoms with Crippen LogP contribution < -0.4 is 0 Å². The first kappa shape index (κ1) is 20.5. The molecule has 26 heavy (non-hydrogen) atoms. The van der Waals surface area contributed by atoms with Crippen LogP contribution in [0.25, 0.3) is 0 Å². The topological polar surface area (TPSA) is 0 Å². The summed E-state index contributed by atoms with van der Waals surface area (Å²) in [6.45, 7) is 31.7. The van der Waals surface area contributed by atoms with Gasteiger partial charge in [-0.25, -0.2) is 0 Å². The molecule has 5 heterocycles. The minimum Gasteiger partial charge on any atom is -0.493 e. The number of hydrogen-bond acceptors (Lipinski definition) is 0. The summed E-state index contributed by atoms with van der Waals surface area (Å²) < 4.78 is 3.11. The molecule has 0 nitrogen and oxygen atoms in total.